The molecule has 0 unspecified atom stereocenters. The Labute approximate surface area is 175 Å². The number of imidazole rings is 1. The van der Waals surface area contributed by atoms with Gasteiger partial charge in [0.1, 0.15) is 5.82 Å². The Morgan fingerprint density at radius 2 is 1.67 bits per heavy atom. The van der Waals surface area contributed by atoms with Gasteiger partial charge in [-0.15, -0.1) is 0 Å². The Morgan fingerprint density at radius 1 is 0.867 bits per heavy atom. The minimum Gasteiger partial charge on any atom is -0.268 e. The van der Waals surface area contributed by atoms with E-state index in [-0.39, 0.29) is 5.56 Å². The zero-order chi connectivity index (χ0) is 20.8. The predicted octanol–water partition coefficient (Wildman–Crippen LogP) is 6.48. The van der Waals surface area contributed by atoms with Crippen molar-refractivity contribution in [1.29, 1.82) is 0 Å². The second kappa shape index (κ2) is 7.04. The molecule has 0 spiro atoms. The third kappa shape index (κ3) is 2.95. The van der Waals surface area contributed by atoms with Crippen LogP contribution in [0.25, 0.3) is 33.2 Å². The molecule has 0 amide bonds. The molecule has 6 heteroatoms. The highest BCUT2D eigenvalue weighted by Crippen LogP contribution is 2.32. The van der Waals surface area contributed by atoms with E-state index in [0.717, 1.165) is 28.5 Å². The van der Waals surface area contributed by atoms with Crippen LogP contribution in [0, 0.1) is 11.6 Å². The number of carbonyl (C=O) groups is 1. The molecule has 0 aliphatic heterocycles. The summed E-state index contributed by atoms with van der Waals surface area (Å²) in [5.41, 5.74) is 1.81. The van der Waals surface area contributed by atoms with E-state index in [1.165, 1.54) is 10.6 Å². The molecule has 0 aliphatic rings. The molecule has 146 valence electrons. The summed E-state index contributed by atoms with van der Waals surface area (Å²) < 4.78 is 28.6. The molecule has 1 aromatic heterocycles. The first-order valence-corrected chi connectivity index (χ1v) is 9.56. The Hall–Kier alpha value is -3.57. The summed E-state index contributed by atoms with van der Waals surface area (Å²) in [4.78, 5) is 18.1. The van der Waals surface area contributed by atoms with Crippen LogP contribution in [0.2, 0.25) is 5.02 Å². The van der Waals surface area contributed by atoms with Crippen LogP contribution in [0.5, 0.6) is 0 Å². The zero-order valence-corrected chi connectivity index (χ0v) is 16.2. The maximum absolute atomic E-state index is 13.8. The quantitative estimate of drug-likeness (QED) is 0.329. The van der Waals surface area contributed by atoms with Gasteiger partial charge in [0.2, 0.25) is 0 Å². The molecule has 30 heavy (non-hydrogen) atoms. The molecule has 0 N–H and O–H groups in total. The van der Waals surface area contributed by atoms with Crippen LogP contribution in [-0.4, -0.2) is 15.5 Å². The average Bonchev–Trinajstić information content (AvgIpc) is 3.13. The maximum atomic E-state index is 13.8. The average molecular weight is 419 g/mol. The highest BCUT2D eigenvalue weighted by molar-refractivity contribution is 6.31. The van der Waals surface area contributed by atoms with Gasteiger partial charge in [-0.25, -0.2) is 13.8 Å². The fourth-order valence-corrected chi connectivity index (χ4v) is 3.78. The maximum Gasteiger partial charge on any atom is 0.264 e. The molecule has 5 rings (SSSR count). The van der Waals surface area contributed by atoms with Crippen LogP contribution in [0.3, 0.4) is 0 Å². The van der Waals surface area contributed by atoms with Crippen LogP contribution in [0.4, 0.5) is 8.78 Å². The predicted molar refractivity (Wildman–Crippen MR) is 114 cm³/mol. The standard InChI is InChI=1S/C24H13ClF2N2O/c25-16-9-11-21-22(13-16)29(24(30)15-8-10-19(26)20(27)12-15)23(28-21)18-7-3-5-14-4-1-2-6-17(14)18/h1-13H. The van der Waals surface area contributed by atoms with Crippen molar-refractivity contribution < 1.29 is 13.6 Å². The van der Waals surface area contributed by atoms with Gasteiger partial charge in [0.15, 0.2) is 11.6 Å². The molecule has 0 aliphatic carbocycles. The van der Waals surface area contributed by atoms with Crippen molar-refractivity contribution in [1.82, 2.24) is 9.55 Å². The lowest BCUT2D eigenvalue weighted by Crippen LogP contribution is -2.14. The first-order chi connectivity index (χ1) is 14.5. The monoisotopic (exact) mass is 418 g/mol. The molecule has 0 bridgehead atoms. The Morgan fingerprint density at radius 3 is 2.50 bits per heavy atom. The van der Waals surface area contributed by atoms with Gasteiger partial charge in [0.05, 0.1) is 11.0 Å². The number of rotatable bonds is 2. The molecule has 0 saturated carbocycles. The number of nitrogens with zero attached hydrogens (tertiary/aromatic N) is 2. The van der Waals surface area contributed by atoms with Crippen LogP contribution in [-0.2, 0) is 0 Å². The summed E-state index contributed by atoms with van der Waals surface area (Å²) in [6, 6.07) is 21.6. The lowest BCUT2D eigenvalue weighted by atomic mass is 10.0. The van der Waals surface area contributed by atoms with Crippen molar-refractivity contribution in [3.63, 3.8) is 0 Å². The molecule has 1 heterocycles. The van der Waals surface area contributed by atoms with Gasteiger partial charge in [-0.05, 0) is 47.2 Å². The molecule has 0 saturated heterocycles. The summed E-state index contributed by atoms with van der Waals surface area (Å²) in [5, 5.41) is 2.35. The molecule has 3 nitrogen and oxygen atoms in total. The summed E-state index contributed by atoms with van der Waals surface area (Å²) in [6.07, 6.45) is 0. The molecule has 4 aromatic carbocycles. The van der Waals surface area contributed by atoms with E-state index in [2.05, 4.69) is 4.98 Å². The van der Waals surface area contributed by atoms with Crippen molar-refractivity contribution >= 4 is 39.3 Å². The van der Waals surface area contributed by atoms with Gasteiger partial charge in [-0.3, -0.25) is 9.36 Å². The lowest BCUT2D eigenvalue weighted by Gasteiger charge is -2.11. The van der Waals surface area contributed by atoms with E-state index >= 15 is 0 Å². The Bertz CT molecular complexity index is 1450. The summed E-state index contributed by atoms with van der Waals surface area (Å²) in [7, 11) is 0. The van der Waals surface area contributed by atoms with Gasteiger partial charge < -0.3 is 0 Å². The van der Waals surface area contributed by atoms with E-state index in [1.54, 1.807) is 18.2 Å². The second-order valence-electron chi connectivity index (χ2n) is 6.86. The van der Waals surface area contributed by atoms with Gasteiger partial charge in [0.25, 0.3) is 5.91 Å². The molecule has 0 fully saturated rings. The van der Waals surface area contributed by atoms with Crippen molar-refractivity contribution in [2.24, 2.45) is 0 Å². The number of carbonyl (C=O) groups excluding carboxylic acids is 1. The molecule has 0 radical (unpaired) electrons. The van der Waals surface area contributed by atoms with E-state index in [4.69, 9.17) is 11.6 Å². The fraction of sp³-hybridized carbons (Fsp3) is 0. The molecule has 5 aromatic rings. The van der Waals surface area contributed by atoms with Gasteiger partial charge in [0, 0.05) is 16.1 Å². The van der Waals surface area contributed by atoms with Crippen molar-refractivity contribution in [3.8, 4) is 11.4 Å². The summed E-state index contributed by atoms with van der Waals surface area (Å²) >= 11 is 6.18. The minimum atomic E-state index is -1.09. The normalized spacial score (nSPS) is 11.3. The smallest absolute Gasteiger partial charge is 0.264 e. The zero-order valence-electron chi connectivity index (χ0n) is 15.4. The number of halogens is 3. The van der Waals surface area contributed by atoms with Crippen LogP contribution in [0.1, 0.15) is 10.4 Å². The van der Waals surface area contributed by atoms with Gasteiger partial charge in [-0.2, -0.15) is 0 Å². The highest BCUT2D eigenvalue weighted by Gasteiger charge is 2.22. The summed E-state index contributed by atoms with van der Waals surface area (Å²) in [6.45, 7) is 0. The van der Waals surface area contributed by atoms with Crippen molar-refractivity contribution in [3.05, 3.63) is 101 Å². The second-order valence-corrected chi connectivity index (χ2v) is 7.30. The van der Waals surface area contributed by atoms with Gasteiger partial charge >= 0.3 is 0 Å². The first-order valence-electron chi connectivity index (χ1n) is 9.19. The largest absolute Gasteiger partial charge is 0.268 e. The van der Waals surface area contributed by atoms with E-state index in [1.807, 2.05) is 42.5 Å². The van der Waals surface area contributed by atoms with Crippen molar-refractivity contribution in [2.75, 3.05) is 0 Å². The third-order valence-electron chi connectivity index (χ3n) is 5.02. The summed E-state index contributed by atoms with van der Waals surface area (Å²) in [5.74, 6) is -2.23. The lowest BCUT2D eigenvalue weighted by molar-refractivity contribution is 0.0965. The van der Waals surface area contributed by atoms with Crippen LogP contribution < -0.4 is 0 Å². The van der Waals surface area contributed by atoms with E-state index in [0.29, 0.717) is 21.9 Å². The molecule has 0 atom stereocenters. The first kappa shape index (κ1) is 18.5. The Balaban J connectivity index is 1.83. The van der Waals surface area contributed by atoms with Crippen LogP contribution in [0.15, 0.2) is 78.9 Å². The third-order valence-corrected chi connectivity index (χ3v) is 5.25. The topological polar surface area (TPSA) is 34.9 Å². The molecular weight excluding hydrogens is 406 g/mol. The Kier molecular flexibility index (Phi) is 4.33. The number of benzene rings is 4. The highest BCUT2D eigenvalue weighted by atomic mass is 35.5. The van der Waals surface area contributed by atoms with Crippen LogP contribution >= 0.6 is 11.6 Å². The minimum absolute atomic E-state index is 0.00895. The van der Waals surface area contributed by atoms with Crippen molar-refractivity contribution in [2.45, 2.75) is 0 Å². The molecular formula is C24H13ClF2N2O. The number of fused-ring (bicyclic) bond motifs is 2. The number of hydrogen-bond acceptors (Lipinski definition) is 2. The van der Waals surface area contributed by atoms with E-state index < -0.39 is 17.5 Å². The fourth-order valence-electron chi connectivity index (χ4n) is 3.61. The van der Waals surface area contributed by atoms with Gasteiger partial charge in [-0.1, -0.05) is 54.1 Å². The van der Waals surface area contributed by atoms with E-state index in [9.17, 15) is 13.6 Å². The number of aromatic nitrogens is 2. The SMILES string of the molecule is O=C(c1ccc(F)c(F)c1)n1c(-c2cccc3ccccc23)nc2ccc(Cl)cc21. The number of hydrogen-bond donors (Lipinski definition) is 0.